The van der Waals surface area contributed by atoms with E-state index in [9.17, 15) is 9.59 Å². The summed E-state index contributed by atoms with van der Waals surface area (Å²) < 4.78 is 0. The Labute approximate surface area is 181 Å². The summed E-state index contributed by atoms with van der Waals surface area (Å²) in [5.74, 6) is 0.740. The van der Waals surface area contributed by atoms with Crippen LogP contribution >= 0.6 is 0 Å². The van der Waals surface area contributed by atoms with Gasteiger partial charge in [-0.1, -0.05) is 45.9 Å². The number of benzene rings is 1. The lowest BCUT2D eigenvalue weighted by Crippen LogP contribution is -2.24. The molecule has 1 unspecified atom stereocenters. The van der Waals surface area contributed by atoms with E-state index in [1.807, 2.05) is 45.9 Å². The molecule has 2 heterocycles. The van der Waals surface area contributed by atoms with Crippen molar-refractivity contribution in [1.29, 1.82) is 0 Å². The Balaban J connectivity index is 1.52. The van der Waals surface area contributed by atoms with Crippen molar-refractivity contribution in [2.24, 2.45) is 11.8 Å². The van der Waals surface area contributed by atoms with Gasteiger partial charge in [0.15, 0.2) is 0 Å². The molecule has 2 aromatic heterocycles. The largest absolute Gasteiger partial charge is 0.328 e. The van der Waals surface area contributed by atoms with Gasteiger partial charge in [-0.15, -0.1) is 0 Å². The molecule has 0 fully saturated rings. The Morgan fingerprint density at radius 1 is 0.935 bits per heavy atom. The summed E-state index contributed by atoms with van der Waals surface area (Å²) in [7, 11) is 0. The van der Waals surface area contributed by atoms with Crippen molar-refractivity contribution in [3.63, 3.8) is 0 Å². The minimum absolute atomic E-state index is 0.0436. The first-order valence-corrected chi connectivity index (χ1v) is 10.7. The van der Waals surface area contributed by atoms with E-state index in [1.165, 1.54) is 0 Å². The lowest BCUT2D eigenvalue weighted by atomic mass is 9.97. The standard InChI is InChI=1S/C23H28N6O2/c1-12(2)13(3)20(30)28-22-24-16-10-11-17-19(14(4)18(16)26-22)27-23(25-17)29-21(31)15-8-6-5-7-9-15/h5-9,12-14H,10-11H2,1-4H3,(H2,24,26,28,30)(H2,25,27,29,31)/t13-,14?/m0/s1. The maximum absolute atomic E-state index is 12.5. The zero-order chi connectivity index (χ0) is 22.1. The lowest BCUT2D eigenvalue weighted by Gasteiger charge is -2.13. The number of aromatic amines is 2. The highest BCUT2D eigenvalue weighted by molar-refractivity contribution is 6.03. The summed E-state index contributed by atoms with van der Waals surface area (Å²) in [6.45, 7) is 8.00. The Hall–Kier alpha value is -3.42. The molecule has 8 heteroatoms. The average molecular weight is 421 g/mol. The van der Waals surface area contributed by atoms with Crippen LogP contribution < -0.4 is 10.6 Å². The van der Waals surface area contributed by atoms with Crippen molar-refractivity contribution in [2.45, 2.75) is 46.5 Å². The molecule has 1 aliphatic rings. The molecular weight excluding hydrogens is 392 g/mol. The maximum atomic E-state index is 12.5. The number of hydrogen-bond acceptors (Lipinski definition) is 4. The van der Waals surface area contributed by atoms with E-state index in [1.54, 1.807) is 12.1 Å². The summed E-state index contributed by atoms with van der Waals surface area (Å²) in [5.41, 5.74) is 4.30. The van der Waals surface area contributed by atoms with E-state index in [-0.39, 0.29) is 29.6 Å². The van der Waals surface area contributed by atoms with Gasteiger partial charge >= 0.3 is 0 Å². The van der Waals surface area contributed by atoms with Crippen molar-refractivity contribution in [1.82, 2.24) is 19.9 Å². The number of aromatic nitrogens is 4. The zero-order valence-electron chi connectivity index (χ0n) is 18.2. The van der Waals surface area contributed by atoms with Gasteiger partial charge in [-0.3, -0.25) is 20.2 Å². The van der Waals surface area contributed by atoms with Crippen LogP contribution in [0.5, 0.6) is 0 Å². The number of rotatable bonds is 5. The molecule has 1 aromatic carbocycles. The van der Waals surface area contributed by atoms with Crippen LogP contribution in [0.2, 0.25) is 0 Å². The van der Waals surface area contributed by atoms with Gasteiger partial charge < -0.3 is 9.97 Å². The Morgan fingerprint density at radius 2 is 1.48 bits per heavy atom. The predicted molar refractivity (Wildman–Crippen MR) is 119 cm³/mol. The molecule has 1 aliphatic carbocycles. The molecule has 0 aliphatic heterocycles. The van der Waals surface area contributed by atoms with Crippen LogP contribution in [0.3, 0.4) is 0 Å². The molecule has 0 radical (unpaired) electrons. The lowest BCUT2D eigenvalue weighted by molar-refractivity contribution is -0.120. The molecule has 162 valence electrons. The number of carbonyl (C=O) groups is 2. The number of carbonyl (C=O) groups excluding carboxylic acids is 2. The van der Waals surface area contributed by atoms with Crippen LogP contribution in [0.15, 0.2) is 30.3 Å². The SMILES string of the molecule is CC1c2nc(NC(=O)c3ccccc3)[nH]c2CCc2[nH]c(NC(=O)[C@@H](C)C(C)C)nc21. The topological polar surface area (TPSA) is 116 Å². The minimum Gasteiger partial charge on any atom is -0.328 e. The normalized spacial score (nSPS) is 16.2. The molecular formula is C23H28N6O2. The summed E-state index contributed by atoms with van der Waals surface area (Å²) in [6, 6.07) is 9.04. The third kappa shape index (κ3) is 4.23. The summed E-state index contributed by atoms with van der Waals surface area (Å²) in [4.78, 5) is 40.7. The third-order valence-corrected chi connectivity index (χ3v) is 5.99. The van der Waals surface area contributed by atoms with Crippen LogP contribution in [0.25, 0.3) is 0 Å². The monoisotopic (exact) mass is 420 g/mol. The highest BCUT2D eigenvalue weighted by Gasteiger charge is 2.28. The van der Waals surface area contributed by atoms with Gasteiger partial charge in [-0.25, -0.2) is 9.97 Å². The van der Waals surface area contributed by atoms with Gasteiger partial charge in [-0.2, -0.15) is 0 Å². The minimum atomic E-state index is -0.207. The fraction of sp³-hybridized carbons (Fsp3) is 0.391. The van der Waals surface area contributed by atoms with E-state index >= 15 is 0 Å². The van der Waals surface area contributed by atoms with Crippen molar-refractivity contribution in [3.8, 4) is 0 Å². The van der Waals surface area contributed by atoms with Gasteiger partial charge in [0.05, 0.1) is 11.4 Å². The van der Waals surface area contributed by atoms with E-state index in [4.69, 9.17) is 0 Å². The van der Waals surface area contributed by atoms with Crippen molar-refractivity contribution >= 4 is 23.7 Å². The fourth-order valence-corrected chi connectivity index (χ4v) is 3.74. The molecule has 31 heavy (non-hydrogen) atoms. The number of anilines is 2. The molecule has 4 rings (SSSR count). The Kier molecular flexibility index (Phi) is 5.63. The van der Waals surface area contributed by atoms with E-state index in [2.05, 4.69) is 30.6 Å². The van der Waals surface area contributed by atoms with E-state index in [0.717, 1.165) is 35.6 Å². The number of amides is 2. The molecule has 8 nitrogen and oxygen atoms in total. The fourth-order valence-electron chi connectivity index (χ4n) is 3.74. The van der Waals surface area contributed by atoms with Gasteiger partial charge in [0, 0.05) is 28.8 Å². The van der Waals surface area contributed by atoms with Gasteiger partial charge in [0.1, 0.15) is 0 Å². The first-order valence-electron chi connectivity index (χ1n) is 10.7. The van der Waals surface area contributed by atoms with Crippen molar-refractivity contribution in [3.05, 3.63) is 58.7 Å². The number of nitrogens with one attached hydrogen (secondary N) is 4. The summed E-state index contributed by atoms with van der Waals surface area (Å²) in [5, 5.41) is 5.75. The maximum Gasteiger partial charge on any atom is 0.257 e. The molecule has 0 saturated carbocycles. The quantitative estimate of drug-likeness (QED) is 0.501. The van der Waals surface area contributed by atoms with Crippen molar-refractivity contribution < 1.29 is 9.59 Å². The van der Waals surface area contributed by atoms with E-state index < -0.39 is 0 Å². The highest BCUT2D eigenvalue weighted by Crippen LogP contribution is 2.33. The van der Waals surface area contributed by atoms with Crippen LogP contribution in [-0.2, 0) is 17.6 Å². The molecule has 0 saturated heterocycles. The Morgan fingerprint density at radius 3 is 2.03 bits per heavy atom. The van der Waals surface area contributed by atoms with Crippen LogP contribution in [0.1, 0.15) is 66.7 Å². The molecule has 4 N–H and O–H groups in total. The van der Waals surface area contributed by atoms with Crippen LogP contribution in [0.4, 0.5) is 11.9 Å². The van der Waals surface area contributed by atoms with Crippen molar-refractivity contribution in [2.75, 3.05) is 10.6 Å². The van der Waals surface area contributed by atoms with Crippen LogP contribution in [0, 0.1) is 11.8 Å². The second-order valence-electron chi connectivity index (χ2n) is 8.46. The second-order valence-corrected chi connectivity index (χ2v) is 8.46. The van der Waals surface area contributed by atoms with Crippen LogP contribution in [-0.4, -0.2) is 31.8 Å². The number of H-pyrrole nitrogens is 2. The van der Waals surface area contributed by atoms with Gasteiger partial charge in [0.25, 0.3) is 5.91 Å². The Bertz CT molecular complexity index is 1100. The molecule has 2 atom stereocenters. The highest BCUT2D eigenvalue weighted by atomic mass is 16.2. The summed E-state index contributed by atoms with van der Waals surface area (Å²) in [6.07, 6.45) is 1.47. The van der Waals surface area contributed by atoms with E-state index in [0.29, 0.717) is 17.5 Å². The molecule has 0 spiro atoms. The van der Waals surface area contributed by atoms with Gasteiger partial charge in [-0.05, 0) is 30.9 Å². The number of nitrogens with zero attached hydrogens (tertiary/aromatic N) is 2. The first kappa shape index (κ1) is 20.8. The number of imidazole rings is 2. The average Bonchev–Trinajstić information content (AvgIpc) is 3.32. The molecule has 0 bridgehead atoms. The molecule has 3 aromatic rings. The third-order valence-electron chi connectivity index (χ3n) is 5.99. The second kappa shape index (κ2) is 8.37. The number of fused-ring (bicyclic) bond motifs is 2. The first-order chi connectivity index (χ1) is 14.8. The predicted octanol–water partition coefficient (Wildman–Crippen LogP) is 3.87. The number of aryl methyl sites for hydroxylation is 2. The zero-order valence-corrected chi connectivity index (χ0v) is 18.2. The summed E-state index contributed by atoms with van der Waals surface area (Å²) >= 11 is 0. The van der Waals surface area contributed by atoms with Gasteiger partial charge in [0.2, 0.25) is 17.8 Å². The molecule has 2 amide bonds. The number of hydrogen-bond donors (Lipinski definition) is 4. The smallest absolute Gasteiger partial charge is 0.257 e.